The molecule has 2 N–H and O–H groups in total. The number of nitrogens with zero attached hydrogens (tertiary/aromatic N) is 2. The molecule has 0 saturated heterocycles. The first-order chi connectivity index (χ1) is 7.99. The maximum atomic E-state index is 6.18. The highest BCUT2D eigenvalue weighted by atomic mass is 15.3. The molecule has 2 rings (SSSR count). The molecule has 0 bridgehead atoms. The number of aryl methyl sites for hydroxylation is 2. The van der Waals surface area contributed by atoms with Crippen LogP contribution in [-0.2, 0) is 19.4 Å². The van der Waals surface area contributed by atoms with E-state index in [-0.39, 0.29) is 0 Å². The van der Waals surface area contributed by atoms with Crippen molar-refractivity contribution in [3.63, 3.8) is 0 Å². The van der Waals surface area contributed by atoms with E-state index in [0.717, 1.165) is 31.1 Å². The quantitative estimate of drug-likeness (QED) is 0.875. The number of hydrogen-bond acceptors (Lipinski definition) is 2. The normalized spacial score (nSPS) is 20.4. The van der Waals surface area contributed by atoms with Crippen molar-refractivity contribution >= 4 is 5.82 Å². The summed E-state index contributed by atoms with van der Waals surface area (Å²) in [6.07, 6.45) is 4.70. The summed E-state index contributed by atoms with van der Waals surface area (Å²) in [5.74, 6) is 1.65. The van der Waals surface area contributed by atoms with E-state index in [2.05, 4.69) is 32.8 Å². The van der Waals surface area contributed by atoms with Crippen LogP contribution in [0.25, 0.3) is 0 Å². The molecule has 1 aliphatic carbocycles. The first-order valence-electron chi connectivity index (χ1n) is 6.83. The van der Waals surface area contributed by atoms with Crippen molar-refractivity contribution in [2.75, 3.05) is 5.73 Å². The lowest BCUT2D eigenvalue weighted by atomic mass is 9.69. The first kappa shape index (κ1) is 12.5. The van der Waals surface area contributed by atoms with Gasteiger partial charge in [-0.15, -0.1) is 0 Å². The van der Waals surface area contributed by atoms with E-state index in [1.54, 1.807) is 0 Å². The van der Waals surface area contributed by atoms with E-state index in [1.807, 2.05) is 4.68 Å². The largest absolute Gasteiger partial charge is 0.384 e. The van der Waals surface area contributed by atoms with Gasteiger partial charge in [0.05, 0.1) is 5.69 Å². The topological polar surface area (TPSA) is 43.8 Å². The zero-order valence-electron chi connectivity index (χ0n) is 11.6. The summed E-state index contributed by atoms with van der Waals surface area (Å²) in [7, 11) is 0. The van der Waals surface area contributed by atoms with E-state index < -0.39 is 0 Å². The Morgan fingerprint density at radius 3 is 2.71 bits per heavy atom. The average Bonchev–Trinajstić information content (AvgIpc) is 2.66. The number of rotatable bonds is 3. The third kappa shape index (κ3) is 2.07. The molecular formula is C14H25N3. The van der Waals surface area contributed by atoms with Gasteiger partial charge in [0, 0.05) is 12.1 Å². The monoisotopic (exact) mass is 235 g/mol. The van der Waals surface area contributed by atoms with Gasteiger partial charge in [0.1, 0.15) is 5.82 Å². The number of fused-ring (bicyclic) bond motifs is 1. The van der Waals surface area contributed by atoms with Crippen LogP contribution in [0.1, 0.15) is 51.8 Å². The zero-order chi connectivity index (χ0) is 12.6. The van der Waals surface area contributed by atoms with Gasteiger partial charge in [-0.2, -0.15) is 5.10 Å². The molecule has 1 atom stereocenters. The Hall–Kier alpha value is -0.990. The summed E-state index contributed by atoms with van der Waals surface area (Å²) in [5, 5.41) is 4.60. The first-order valence-corrected chi connectivity index (χ1v) is 6.83. The van der Waals surface area contributed by atoms with Crippen molar-refractivity contribution in [1.82, 2.24) is 9.78 Å². The Bertz CT molecular complexity index is 404. The van der Waals surface area contributed by atoms with E-state index in [1.165, 1.54) is 24.1 Å². The standard InChI is InChI=1S/C14H25N3/c1-5-14(3,4)10-7-8-12-11(9-10)13(15)17(6-2)16-12/h10H,5-9,15H2,1-4H3. The maximum absolute atomic E-state index is 6.18. The highest BCUT2D eigenvalue weighted by Gasteiger charge is 2.33. The van der Waals surface area contributed by atoms with E-state index in [9.17, 15) is 0 Å². The van der Waals surface area contributed by atoms with Crippen LogP contribution in [0, 0.1) is 11.3 Å². The van der Waals surface area contributed by atoms with Gasteiger partial charge >= 0.3 is 0 Å². The fourth-order valence-electron chi connectivity index (χ4n) is 2.84. The van der Waals surface area contributed by atoms with Gasteiger partial charge in [-0.3, -0.25) is 0 Å². The minimum absolute atomic E-state index is 0.415. The fraction of sp³-hybridized carbons (Fsp3) is 0.786. The van der Waals surface area contributed by atoms with Crippen molar-refractivity contribution < 1.29 is 0 Å². The van der Waals surface area contributed by atoms with Gasteiger partial charge < -0.3 is 5.73 Å². The Balaban J connectivity index is 2.27. The number of hydrogen-bond donors (Lipinski definition) is 1. The molecule has 1 aromatic rings. The van der Waals surface area contributed by atoms with Crippen LogP contribution in [0.15, 0.2) is 0 Å². The summed E-state index contributed by atoms with van der Waals surface area (Å²) in [6, 6.07) is 0. The summed E-state index contributed by atoms with van der Waals surface area (Å²) in [4.78, 5) is 0. The highest BCUT2D eigenvalue weighted by molar-refractivity contribution is 5.45. The van der Waals surface area contributed by atoms with Crippen molar-refractivity contribution in [3.8, 4) is 0 Å². The second-order valence-electron chi connectivity index (χ2n) is 5.91. The van der Waals surface area contributed by atoms with Crippen LogP contribution >= 0.6 is 0 Å². The van der Waals surface area contributed by atoms with Crippen molar-refractivity contribution in [3.05, 3.63) is 11.3 Å². The molecule has 3 heteroatoms. The van der Waals surface area contributed by atoms with E-state index in [0.29, 0.717) is 5.41 Å². The molecule has 1 aromatic heterocycles. The molecular weight excluding hydrogens is 210 g/mol. The molecule has 96 valence electrons. The third-order valence-electron chi connectivity index (χ3n) is 4.67. The van der Waals surface area contributed by atoms with Gasteiger partial charge in [-0.1, -0.05) is 27.2 Å². The second kappa shape index (κ2) is 4.35. The molecule has 0 amide bonds. The molecule has 1 unspecified atom stereocenters. The lowest BCUT2D eigenvalue weighted by molar-refractivity contribution is 0.183. The highest BCUT2D eigenvalue weighted by Crippen LogP contribution is 2.40. The van der Waals surface area contributed by atoms with Crippen LogP contribution in [-0.4, -0.2) is 9.78 Å². The molecule has 0 aliphatic heterocycles. The number of nitrogens with two attached hydrogens (primary N) is 1. The molecule has 0 radical (unpaired) electrons. The molecule has 3 nitrogen and oxygen atoms in total. The summed E-state index contributed by atoms with van der Waals surface area (Å²) in [5.41, 5.74) is 9.16. The van der Waals surface area contributed by atoms with Crippen molar-refractivity contribution in [2.45, 2.75) is 59.9 Å². The minimum atomic E-state index is 0.415. The molecule has 1 heterocycles. The Morgan fingerprint density at radius 1 is 1.41 bits per heavy atom. The van der Waals surface area contributed by atoms with Gasteiger partial charge in [0.2, 0.25) is 0 Å². The SMILES string of the molecule is CCn1nc2c(c1N)CC(C(C)(C)CC)CC2. The van der Waals surface area contributed by atoms with Gasteiger partial charge in [0.15, 0.2) is 0 Å². The van der Waals surface area contributed by atoms with Gasteiger partial charge in [-0.25, -0.2) is 4.68 Å². The Morgan fingerprint density at radius 2 is 2.12 bits per heavy atom. The van der Waals surface area contributed by atoms with E-state index in [4.69, 9.17) is 5.73 Å². The van der Waals surface area contributed by atoms with Crippen LogP contribution in [0.5, 0.6) is 0 Å². The van der Waals surface area contributed by atoms with Crippen molar-refractivity contribution in [1.29, 1.82) is 0 Å². The van der Waals surface area contributed by atoms with Crippen LogP contribution in [0.4, 0.5) is 5.82 Å². The Labute approximate surface area is 104 Å². The lowest BCUT2D eigenvalue weighted by Crippen LogP contribution is -2.29. The molecule has 0 aromatic carbocycles. The van der Waals surface area contributed by atoms with Crippen molar-refractivity contribution in [2.24, 2.45) is 11.3 Å². The Kier molecular flexibility index (Phi) is 3.19. The number of anilines is 1. The predicted molar refractivity (Wildman–Crippen MR) is 71.9 cm³/mol. The predicted octanol–water partition coefficient (Wildman–Crippen LogP) is 3.03. The molecule has 17 heavy (non-hydrogen) atoms. The minimum Gasteiger partial charge on any atom is -0.384 e. The molecule has 0 spiro atoms. The summed E-state index contributed by atoms with van der Waals surface area (Å²) >= 11 is 0. The lowest BCUT2D eigenvalue weighted by Gasteiger charge is -2.36. The fourth-order valence-corrected chi connectivity index (χ4v) is 2.84. The zero-order valence-corrected chi connectivity index (χ0v) is 11.6. The van der Waals surface area contributed by atoms with Crippen LogP contribution < -0.4 is 5.73 Å². The molecule has 0 saturated carbocycles. The van der Waals surface area contributed by atoms with Gasteiger partial charge in [-0.05, 0) is 37.5 Å². The van der Waals surface area contributed by atoms with Gasteiger partial charge in [0.25, 0.3) is 0 Å². The molecule has 0 fully saturated rings. The number of nitrogen functional groups attached to an aromatic ring is 1. The van der Waals surface area contributed by atoms with E-state index >= 15 is 0 Å². The van der Waals surface area contributed by atoms with Crippen LogP contribution in [0.3, 0.4) is 0 Å². The second-order valence-corrected chi connectivity index (χ2v) is 5.91. The summed E-state index contributed by atoms with van der Waals surface area (Å²) < 4.78 is 1.95. The summed E-state index contributed by atoms with van der Waals surface area (Å²) in [6.45, 7) is 10.0. The smallest absolute Gasteiger partial charge is 0.125 e. The molecule has 1 aliphatic rings. The average molecular weight is 235 g/mol. The number of aromatic nitrogens is 2. The maximum Gasteiger partial charge on any atom is 0.125 e. The van der Waals surface area contributed by atoms with Crippen LogP contribution in [0.2, 0.25) is 0 Å². The third-order valence-corrected chi connectivity index (χ3v) is 4.67.